The number of furan rings is 1. The van der Waals surface area contributed by atoms with E-state index in [-0.39, 0.29) is 0 Å². The first-order chi connectivity index (χ1) is 9.93. The monoisotopic (exact) mass is 286 g/mol. The first kappa shape index (κ1) is 13.9. The van der Waals surface area contributed by atoms with Crippen LogP contribution in [0.25, 0.3) is 0 Å². The molecule has 0 unspecified atom stereocenters. The zero-order chi connectivity index (χ0) is 14.8. The molecule has 4 rings (SSSR count). The molecule has 0 N–H and O–H groups in total. The second-order valence-corrected chi connectivity index (χ2v) is 9.04. The third-order valence-corrected chi connectivity index (χ3v) is 7.75. The summed E-state index contributed by atoms with van der Waals surface area (Å²) in [6.07, 6.45) is 10.3. The summed E-state index contributed by atoms with van der Waals surface area (Å²) in [5, 5.41) is 0. The van der Waals surface area contributed by atoms with Crippen LogP contribution in [0.15, 0.2) is 16.7 Å². The van der Waals surface area contributed by atoms with E-state index in [1.165, 1.54) is 49.8 Å². The van der Waals surface area contributed by atoms with Crippen LogP contribution in [0.1, 0.15) is 77.0 Å². The van der Waals surface area contributed by atoms with Crippen molar-refractivity contribution in [2.24, 2.45) is 28.6 Å². The molecule has 0 amide bonds. The van der Waals surface area contributed by atoms with Crippen molar-refractivity contribution in [2.45, 2.75) is 72.1 Å². The number of rotatable bonds is 0. The molecule has 1 aromatic rings. The third kappa shape index (κ3) is 1.82. The molecule has 0 aliphatic heterocycles. The summed E-state index contributed by atoms with van der Waals surface area (Å²) in [6.45, 7) is 10.1. The summed E-state index contributed by atoms with van der Waals surface area (Å²) < 4.78 is 5.85. The molecule has 21 heavy (non-hydrogen) atoms. The molecule has 0 radical (unpaired) electrons. The highest BCUT2D eigenvalue weighted by Gasteiger charge is 2.56. The normalized spacial score (nSPS) is 44.6. The summed E-state index contributed by atoms with van der Waals surface area (Å²) in [4.78, 5) is 0. The Balaban J connectivity index is 1.75. The van der Waals surface area contributed by atoms with Gasteiger partial charge in [0.1, 0.15) is 5.76 Å². The lowest BCUT2D eigenvalue weighted by molar-refractivity contribution is -0.105. The molecule has 0 spiro atoms. The van der Waals surface area contributed by atoms with Gasteiger partial charge in [-0.15, -0.1) is 0 Å². The van der Waals surface area contributed by atoms with Crippen LogP contribution in [0.2, 0.25) is 0 Å². The fourth-order valence-corrected chi connectivity index (χ4v) is 6.72. The van der Waals surface area contributed by atoms with Crippen LogP contribution in [0.3, 0.4) is 0 Å². The van der Waals surface area contributed by atoms with Gasteiger partial charge in [-0.2, -0.15) is 0 Å². The van der Waals surface area contributed by atoms with Gasteiger partial charge >= 0.3 is 0 Å². The molecule has 1 heteroatoms. The zero-order valence-electron chi connectivity index (χ0n) is 14.1. The molecule has 2 fully saturated rings. The van der Waals surface area contributed by atoms with E-state index in [9.17, 15) is 0 Å². The minimum Gasteiger partial charge on any atom is -0.469 e. The summed E-state index contributed by atoms with van der Waals surface area (Å²) in [6, 6.07) is 2.23. The van der Waals surface area contributed by atoms with Crippen molar-refractivity contribution in [3.63, 3.8) is 0 Å². The number of fused-ring (bicyclic) bond motifs is 4. The lowest BCUT2D eigenvalue weighted by Crippen LogP contribution is -2.53. The predicted octanol–water partition coefficient (Wildman–Crippen LogP) is 5.80. The zero-order valence-corrected chi connectivity index (χ0v) is 14.1. The van der Waals surface area contributed by atoms with Gasteiger partial charge in [-0.3, -0.25) is 0 Å². The highest BCUT2D eigenvalue weighted by Crippen LogP contribution is 2.64. The SMILES string of the molecule is C[C@H]1c2ccoc2C[C@@H]2[C@@H]1CC[C@H]1C(C)(C)CCC[C@]21C. The predicted molar refractivity (Wildman–Crippen MR) is 86.3 cm³/mol. The Morgan fingerprint density at radius 3 is 2.76 bits per heavy atom. The second-order valence-electron chi connectivity index (χ2n) is 9.04. The van der Waals surface area contributed by atoms with E-state index in [2.05, 4.69) is 33.8 Å². The van der Waals surface area contributed by atoms with Gasteiger partial charge in [0.2, 0.25) is 0 Å². The Kier molecular flexibility index (Phi) is 2.91. The molecule has 0 saturated heterocycles. The molecule has 116 valence electrons. The smallest absolute Gasteiger partial charge is 0.107 e. The third-order valence-electron chi connectivity index (χ3n) is 7.75. The van der Waals surface area contributed by atoms with Crippen molar-refractivity contribution < 1.29 is 4.42 Å². The standard InChI is InChI=1S/C20H30O/c1-13-14-6-7-18-19(2,3)9-5-10-20(18,4)16(14)12-17-15(13)8-11-21-17/h8,11,13-14,16,18H,5-7,9-10,12H2,1-4H3/t13-,14-,16-,18+,20-/m1/s1. The van der Waals surface area contributed by atoms with E-state index in [0.29, 0.717) is 16.7 Å². The first-order valence-electron chi connectivity index (χ1n) is 9.00. The number of hydrogen-bond acceptors (Lipinski definition) is 1. The topological polar surface area (TPSA) is 13.1 Å². The van der Waals surface area contributed by atoms with Crippen molar-refractivity contribution in [3.8, 4) is 0 Å². The van der Waals surface area contributed by atoms with Gasteiger partial charge in [-0.05, 0) is 71.8 Å². The van der Waals surface area contributed by atoms with Gasteiger partial charge in [-0.25, -0.2) is 0 Å². The Hall–Kier alpha value is -0.720. The van der Waals surface area contributed by atoms with Crippen LogP contribution in [-0.4, -0.2) is 0 Å². The fourth-order valence-electron chi connectivity index (χ4n) is 6.72. The highest BCUT2D eigenvalue weighted by molar-refractivity contribution is 5.28. The van der Waals surface area contributed by atoms with Crippen LogP contribution in [-0.2, 0) is 6.42 Å². The lowest BCUT2D eigenvalue weighted by Gasteiger charge is -2.61. The maximum atomic E-state index is 5.85. The van der Waals surface area contributed by atoms with Crippen molar-refractivity contribution in [1.29, 1.82) is 0 Å². The maximum absolute atomic E-state index is 5.85. The van der Waals surface area contributed by atoms with E-state index in [1.807, 2.05) is 6.26 Å². The Labute approximate surface area is 129 Å². The Morgan fingerprint density at radius 1 is 1.14 bits per heavy atom. The molecule has 3 aliphatic rings. The molecule has 0 bridgehead atoms. The Morgan fingerprint density at radius 2 is 1.95 bits per heavy atom. The molecule has 2 saturated carbocycles. The largest absolute Gasteiger partial charge is 0.469 e. The van der Waals surface area contributed by atoms with Gasteiger partial charge < -0.3 is 4.42 Å². The lowest BCUT2D eigenvalue weighted by atomic mass is 9.44. The van der Waals surface area contributed by atoms with E-state index in [1.54, 1.807) is 0 Å². The van der Waals surface area contributed by atoms with Crippen LogP contribution < -0.4 is 0 Å². The van der Waals surface area contributed by atoms with Gasteiger partial charge in [-0.1, -0.05) is 34.1 Å². The van der Waals surface area contributed by atoms with Crippen molar-refractivity contribution >= 4 is 0 Å². The molecule has 3 aliphatic carbocycles. The van der Waals surface area contributed by atoms with Crippen molar-refractivity contribution in [2.75, 3.05) is 0 Å². The summed E-state index contributed by atoms with van der Waals surface area (Å²) in [5.74, 6) is 4.62. The van der Waals surface area contributed by atoms with Crippen LogP contribution in [0, 0.1) is 28.6 Å². The van der Waals surface area contributed by atoms with E-state index >= 15 is 0 Å². The minimum absolute atomic E-state index is 0.531. The van der Waals surface area contributed by atoms with Crippen LogP contribution >= 0.6 is 0 Å². The first-order valence-corrected chi connectivity index (χ1v) is 9.00. The van der Waals surface area contributed by atoms with Gasteiger partial charge in [0.05, 0.1) is 6.26 Å². The Bertz CT molecular complexity index is 540. The highest BCUT2D eigenvalue weighted by atomic mass is 16.3. The van der Waals surface area contributed by atoms with Gasteiger partial charge in [0, 0.05) is 6.42 Å². The van der Waals surface area contributed by atoms with E-state index in [4.69, 9.17) is 4.42 Å². The van der Waals surface area contributed by atoms with Crippen LogP contribution in [0.5, 0.6) is 0 Å². The van der Waals surface area contributed by atoms with Crippen molar-refractivity contribution in [3.05, 3.63) is 23.7 Å². The van der Waals surface area contributed by atoms with E-state index in [0.717, 1.165) is 17.8 Å². The van der Waals surface area contributed by atoms with Gasteiger partial charge in [0.15, 0.2) is 0 Å². The van der Waals surface area contributed by atoms with Gasteiger partial charge in [0.25, 0.3) is 0 Å². The second kappa shape index (κ2) is 4.40. The molecule has 1 nitrogen and oxygen atoms in total. The molecule has 1 aromatic heterocycles. The molecule has 1 heterocycles. The fraction of sp³-hybridized carbons (Fsp3) is 0.800. The summed E-state index contributed by atoms with van der Waals surface area (Å²) in [7, 11) is 0. The maximum Gasteiger partial charge on any atom is 0.107 e. The quantitative estimate of drug-likeness (QED) is 0.587. The van der Waals surface area contributed by atoms with E-state index < -0.39 is 0 Å². The molecule has 0 aromatic carbocycles. The summed E-state index contributed by atoms with van der Waals surface area (Å²) in [5.41, 5.74) is 2.57. The minimum atomic E-state index is 0.531. The average molecular weight is 286 g/mol. The molecular weight excluding hydrogens is 256 g/mol. The average Bonchev–Trinajstić information content (AvgIpc) is 2.87. The van der Waals surface area contributed by atoms with Crippen molar-refractivity contribution in [1.82, 2.24) is 0 Å². The van der Waals surface area contributed by atoms with Crippen LogP contribution in [0.4, 0.5) is 0 Å². The summed E-state index contributed by atoms with van der Waals surface area (Å²) >= 11 is 0. The molecule has 5 atom stereocenters. The number of hydrogen-bond donors (Lipinski definition) is 0. The molecular formula is C20H30O.